The van der Waals surface area contributed by atoms with E-state index < -0.39 is 6.04 Å². The summed E-state index contributed by atoms with van der Waals surface area (Å²) in [5.74, 6) is -0.248. The number of pyridine rings is 1. The third-order valence-corrected chi connectivity index (χ3v) is 4.98. The molecule has 0 saturated carbocycles. The quantitative estimate of drug-likeness (QED) is 0.881. The van der Waals surface area contributed by atoms with E-state index in [1.807, 2.05) is 26.8 Å². The Hall–Kier alpha value is -1.95. The van der Waals surface area contributed by atoms with Gasteiger partial charge in [-0.2, -0.15) is 0 Å². The molecule has 2 aromatic rings. The zero-order valence-electron chi connectivity index (χ0n) is 12.5. The first kappa shape index (κ1) is 14.0. The van der Waals surface area contributed by atoms with Crippen LogP contribution in [0.15, 0.2) is 6.07 Å². The van der Waals surface area contributed by atoms with Crippen molar-refractivity contribution in [3.05, 3.63) is 22.2 Å². The Bertz CT molecular complexity index is 766. The lowest BCUT2D eigenvalue weighted by Gasteiger charge is -2.22. The molecule has 3 rings (SSSR count). The van der Waals surface area contributed by atoms with Gasteiger partial charge in [0.15, 0.2) is 0 Å². The summed E-state index contributed by atoms with van der Waals surface area (Å²) in [6.45, 7) is 5.81. The number of nitrogens with zero attached hydrogens (tertiary/aromatic N) is 2. The average molecular weight is 303 g/mol. The van der Waals surface area contributed by atoms with Gasteiger partial charge in [-0.05, 0) is 31.9 Å². The van der Waals surface area contributed by atoms with Gasteiger partial charge in [0.1, 0.15) is 15.7 Å². The van der Waals surface area contributed by atoms with E-state index in [1.54, 1.807) is 7.05 Å². The fourth-order valence-electron chi connectivity index (χ4n) is 2.85. The van der Waals surface area contributed by atoms with Crippen molar-refractivity contribution >= 4 is 39.1 Å². The van der Waals surface area contributed by atoms with Crippen molar-refractivity contribution in [3.8, 4) is 0 Å². The summed E-state index contributed by atoms with van der Waals surface area (Å²) in [6.07, 6.45) is 0.595. The van der Waals surface area contributed by atoms with Gasteiger partial charge in [-0.15, -0.1) is 11.3 Å². The Balaban J connectivity index is 2.28. The number of anilines is 1. The molecule has 0 radical (unpaired) electrons. The van der Waals surface area contributed by atoms with Gasteiger partial charge in [0.05, 0.1) is 5.69 Å². The number of aryl methyl sites for hydroxylation is 2. The van der Waals surface area contributed by atoms with E-state index in [-0.39, 0.29) is 11.8 Å². The number of hydrogen-bond acceptors (Lipinski definition) is 4. The Morgan fingerprint density at radius 3 is 2.76 bits per heavy atom. The summed E-state index contributed by atoms with van der Waals surface area (Å²) < 4.78 is 0. The highest BCUT2D eigenvalue weighted by Crippen LogP contribution is 2.39. The number of aromatic nitrogens is 1. The molecule has 0 saturated heterocycles. The van der Waals surface area contributed by atoms with Crippen LogP contribution in [0.25, 0.3) is 10.2 Å². The van der Waals surface area contributed by atoms with Crippen LogP contribution >= 0.6 is 11.3 Å². The fraction of sp³-hybridized carbons (Fsp3) is 0.400. The van der Waals surface area contributed by atoms with Crippen molar-refractivity contribution in [2.24, 2.45) is 0 Å². The molecule has 0 aromatic carbocycles. The van der Waals surface area contributed by atoms with Crippen LogP contribution in [0.3, 0.4) is 0 Å². The number of nitrogens with one attached hydrogen (secondary N) is 1. The van der Waals surface area contributed by atoms with Crippen LogP contribution in [0, 0.1) is 13.8 Å². The molecule has 5 nitrogen and oxygen atoms in total. The largest absolute Gasteiger partial charge is 0.329 e. The first-order valence-corrected chi connectivity index (χ1v) is 7.74. The van der Waals surface area contributed by atoms with Crippen molar-refractivity contribution in [3.63, 3.8) is 0 Å². The summed E-state index contributed by atoms with van der Waals surface area (Å²) >= 11 is 1.35. The molecule has 0 unspecified atom stereocenters. The Labute approximate surface area is 127 Å². The number of likely N-dealkylation sites (N-methyl/N-ethyl adjacent to an activating group) is 1. The number of rotatable bonds is 1. The maximum Gasteiger partial charge on any atom is 0.266 e. The number of carbonyl (C=O) groups is 2. The zero-order valence-corrected chi connectivity index (χ0v) is 13.3. The van der Waals surface area contributed by atoms with Crippen molar-refractivity contribution in [1.29, 1.82) is 0 Å². The molecule has 21 heavy (non-hydrogen) atoms. The summed E-state index contributed by atoms with van der Waals surface area (Å²) in [5, 5.41) is 3.82. The Kier molecular flexibility index (Phi) is 3.20. The van der Waals surface area contributed by atoms with Gasteiger partial charge in [0.25, 0.3) is 5.91 Å². The number of hydrogen-bond donors (Lipinski definition) is 1. The van der Waals surface area contributed by atoms with Crippen LogP contribution in [0.2, 0.25) is 0 Å². The second-order valence-electron chi connectivity index (χ2n) is 5.40. The van der Waals surface area contributed by atoms with E-state index in [9.17, 15) is 9.59 Å². The molecule has 3 heterocycles. The highest BCUT2D eigenvalue weighted by atomic mass is 32.1. The van der Waals surface area contributed by atoms with Gasteiger partial charge in [0.2, 0.25) is 5.91 Å². The molecular formula is C15H17N3O2S. The molecule has 1 N–H and O–H groups in total. The molecular weight excluding hydrogens is 286 g/mol. The summed E-state index contributed by atoms with van der Waals surface area (Å²) in [4.78, 5) is 32.4. The summed E-state index contributed by atoms with van der Waals surface area (Å²) in [6, 6.07) is 1.54. The molecule has 1 atom stereocenters. The molecule has 0 aliphatic carbocycles. The van der Waals surface area contributed by atoms with E-state index in [0.29, 0.717) is 17.0 Å². The molecule has 1 aliphatic heterocycles. The van der Waals surface area contributed by atoms with Gasteiger partial charge in [-0.3, -0.25) is 9.59 Å². The Morgan fingerprint density at radius 2 is 2.10 bits per heavy atom. The molecule has 0 spiro atoms. The van der Waals surface area contributed by atoms with Gasteiger partial charge >= 0.3 is 0 Å². The highest BCUT2D eigenvalue weighted by molar-refractivity contribution is 7.21. The molecule has 6 heteroatoms. The van der Waals surface area contributed by atoms with Crippen LogP contribution in [0.4, 0.5) is 5.69 Å². The molecule has 2 amide bonds. The van der Waals surface area contributed by atoms with E-state index in [0.717, 1.165) is 21.5 Å². The second-order valence-corrected chi connectivity index (χ2v) is 6.40. The van der Waals surface area contributed by atoms with Crippen LogP contribution in [0.5, 0.6) is 0 Å². The van der Waals surface area contributed by atoms with E-state index >= 15 is 0 Å². The SMILES string of the molecule is CC[C@H]1C(=O)Nc2c(sc3nc(C)cc(C)c23)C(=O)N1C. The molecule has 1 aliphatic rings. The first-order valence-electron chi connectivity index (χ1n) is 6.92. The maximum atomic E-state index is 12.6. The standard InChI is InChI=1S/C15H17N3O2S/c1-5-9-13(19)17-11-10-7(2)6-8(3)16-14(10)21-12(11)15(20)18(9)4/h6,9H,5H2,1-4H3,(H,17,19)/t9-/m0/s1. The number of carbonyl (C=O) groups excluding carboxylic acids is 2. The minimum Gasteiger partial charge on any atom is -0.329 e. The third-order valence-electron chi connectivity index (χ3n) is 3.91. The Morgan fingerprint density at radius 1 is 1.38 bits per heavy atom. The second kappa shape index (κ2) is 4.80. The highest BCUT2D eigenvalue weighted by Gasteiger charge is 2.34. The van der Waals surface area contributed by atoms with E-state index in [1.165, 1.54) is 16.2 Å². The minimum absolute atomic E-state index is 0.116. The van der Waals surface area contributed by atoms with Gasteiger partial charge in [0, 0.05) is 18.1 Å². The van der Waals surface area contributed by atoms with Crippen molar-refractivity contribution in [2.45, 2.75) is 33.2 Å². The monoisotopic (exact) mass is 303 g/mol. The van der Waals surface area contributed by atoms with Crippen molar-refractivity contribution < 1.29 is 9.59 Å². The van der Waals surface area contributed by atoms with Crippen LogP contribution in [-0.4, -0.2) is 34.8 Å². The zero-order chi connectivity index (χ0) is 15.3. The van der Waals surface area contributed by atoms with Gasteiger partial charge in [-0.25, -0.2) is 4.98 Å². The number of amides is 2. The summed E-state index contributed by atoms with van der Waals surface area (Å²) in [5.41, 5.74) is 2.56. The lowest BCUT2D eigenvalue weighted by atomic mass is 10.1. The average Bonchev–Trinajstić information content (AvgIpc) is 2.73. The first-order chi connectivity index (χ1) is 9.93. The molecule has 0 bridgehead atoms. The van der Waals surface area contributed by atoms with Gasteiger partial charge in [-0.1, -0.05) is 6.92 Å². The molecule has 110 valence electrons. The smallest absolute Gasteiger partial charge is 0.266 e. The van der Waals surface area contributed by atoms with Crippen molar-refractivity contribution in [2.75, 3.05) is 12.4 Å². The van der Waals surface area contributed by atoms with E-state index in [4.69, 9.17) is 0 Å². The van der Waals surface area contributed by atoms with Crippen LogP contribution < -0.4 is 5.32 Å². The van der Waals surface area contributed by atoms with Crippen molar-refractivity contribution in [1.82, 2.24) is 9.88 Å². The predicted molar refractivity (Wildman–Crippen MR) is 83.9 cm³/mol. The van der Waals surface area contributed by atoms with Gasteiger partial charge < -0.3 is 10.2 Å². The molecule has 0 fully saturated rings. The lowest BCUT2D eigenvalue weighted by Crippen LogP contribution is -2.42. The minimum atomic E-state index is -0.425. The topological polar surface area (TPSA) is 62.3 Å². The third kappa shape index (κ3) is 2.01. The normalized spacial score (nSPS) is 18.7. The van der Waals surface area contributed by atoms with Crippen LogP contribution in [-0.2, 0) is 4.79 Å². The number of fused-ring (bicyclic) bond motifs is 3. The summed E-state index contributed by atoms with van der Waals surface area (Å²) in [7, 11) is 1.68. The number of thiophene rings is 1. The van der Waals surface area contributed by atoms with Crippen LogP contribution in [0.1, 0.15) is 34.3 Å². The molecule has 2 aromatic heterocycles. The fourth-order valence-corrected chi connectivity index (χ4v) is 4.09. The van der Waals surface area contributed by atoms with E-state index in [2.05, 4.69) is 10.3 Å². The lowest BCUT2D eigenvalue weighted by molar-refractivity contribution is -0.120. The predicted octanol–water partition coefficient (Wildman–Crippen LogP) is 2.72. The maximum absolute atomic E-state index is 12.6.